The number of amides is 1. The molecule has 0 fully saturated rings. The molecule has 1 amide bonds. The van der Waals surface area contributed by atoms with Gasteiger partial charge in [-0.15, -0.1) is 0 Å². The predicted octanol–water partition coefficient (Wildman–Crippen LogP) is 2.75. The van der Waals surface area contributed by atoms with Crippen molar-refractivity contribution in [2.75, 3.05) is 20.5 Å². The Morgan fingerprint density at radius 1 is 1.15 bits per heavy atom. The molecule has 0 saturated heterocycles. The molecule has 1 heterocycles. The average molecular weight is 356 g/mol. The molecule has 0 bridgehead atoms. The molecule has 136 valence electrons. The third kappa shape index (κ3) is 4.24. The molecule has 0 aromatic heterocycles. The summed E-state index contributed by atoms with van der Waals surface area (Å²) >= 11 is 0. The lowest BCUT2D eigenvalue weighted by Gasteiger charge is -2.10. The smallest absolute Gasteiger partial charge is 0.292 e. The van der Waals surface area contributed by atoms with Crippen LogP contribution in [0.2, 0.25) is 0 Å². The Kier molecular flexibility index (Phi) is 5.58. The van der Waals surface area contributed by atoms with E-state index in [9.17, 15) is 4.79 Å². The Morgan fingerprint density at radius 2 is 1.92 bits per heavy atom. The first-order valence-corrected chi connectivity index (χ1v) is 8.20. The number of carbonyl (C=O) groups is 1. The number of ether oxygens (including phenoxy) is 4. The molecule has 7 nitrogen and oxygen atoms in total. The van der Waals surface area contributed by atoms with E-state index in [1.165, 1.54) is 0 Å². The molecule has 0 atom stereocenters. The van der Waals surface area contributed by atoms with Crippen molar-refractivity contribution < 1.29 is 23.7 Å². The van der Waals surface area contributed by atoms with Crippen LogP contribution in [0, 0.1) is 0 Å². The molecule has 3 rings (SSSR count). The molecule has 1 N–H and O–H groups in total. The number of fused-ring (bicyclic) bond motifs is 1. The molecular formula is C19H20N2O5. The van der Waals surface area contributed by atoms with Gasteiger partial charge in [0.25, 0.3) is 11.9 Å². The molecule has 7 heteroatoms. The largest absolute Gasteiger partial charge is 0.497 e. The minimum absolute atomic E-state index is 0.172. The first-order chi connectivity index (χ1) is 12.7. The zero-order valence-corrected chi connectivity index (χ0v) is 14.7. The molecule has 1 aliphatic rings. The Bertz CT molecular complexity index is 802. The predicted molar refractivity (Wildman–Crippen MR) is 95.8 cm³/mol. The molecule has 2 aromatic carbocycles. The molecular weight excluding hydrogens is 336 g/mol. The Morgan fingerprint density at radius 3 is 2.65 bits per heavy atom. The number of hydrogen-bond donors (Lipinski definition) is 1. The first kappa shape index (κ1) is 17.6. The van der Waals surface area contributed by atoms with Gasteiger partial charge in [0.15, 0.2) is 11.5 Å². The summed E-state index contributed by atoms with van der Waals surface area (Å²) in [6.07, 6.45) is 0. The van der Waals surface area contributed by atoms with Gasteiger partial charge in [0.1, 0.15) is 5.75 Å². The van der Waals surface area contributed by atoms with Crippen LogP contribution < -0.4 is 19.5 Å². The summed E-state index contributed by atoms with van der Waals surface area (Å²) in [5, 5.41) is 2.69. The normalized spacial score (nSPS) is 12.6. The second kappa shape index (κ2) is 8.24. The number of rotatable bonds is 5. The number of methoxy groups -OCH3 is 1. The Labute approximate surface area is 151 Å². The van der Waals surface area contributed by atoms with Crippen molar-refractivity contribution in [2.24, 2.45) is 4.99 Å². The lowest BCUT2D eigenvalue weighted by atomic mass is 10.2. The quantitative estimate of drug-likeness (QED) is 0.658. The van der Waals surface area contributed by atoms with Gasteiger partial charge in [-0.25, -0.2) is 4.99 Å². The van der Waals surface area contributed by atoms with Crippen LogP contribution in [0.25, 0.3) is 0 Å². The minimum Gasteiger partial charge on any atom is -0.497 e. The van der Waals surface area contributed by atoms with Crippen LogP contribution in [0.5, 0.6) is 17.2 Å². The minimum atomic E-state index is -0.300. The van der Waals surface area contributed by atoms with Crippen LogP contribution in [0.4, 0.5) is 0 Å². The number of benzene rings is 2. The monoisotopic (exact) mass is 356 g/mol. The average Bonchev–Trinajstić information content (AvgIpc) is 3.14. The fraction of sp³-hybridized carbons (Fsp3) is 0.263. The van der Waals surface area contributed by atoms with Crippen molar-refractivity contribution in [1.29, 1.82) is 0 Å². The summed E-state index contributed by atoms with van der Waals surface area (Å²) in [6.45, 7) is 2.79. The van der Waals surface area contributed by atoms with Gasteiger partial charge in [-0.1, -0.05) is 6.07 Å². The van der Waals surface area contributed by atoms with Crippen molar-refractivity contribution in [1.82, 2.24) is 5.32 Å². The molecule has 0 radical (unpaired) electrons. The highest BCUT2D eigenvalue weighted by Gasteiger charge is 2.14. The second-order valence-electron chi connectivity index (χ2n) is 5.42. The number of nitrogens with one attached hydrogen (secondary N) is 1. The number of nitrogens with zero attached hydrogens (tertiary/aromatic N) is 1. The SMILES string of the molecule is CCOC(=NCc1ccc2c(c1)OCO2)NC(=O)c1ccc(OC)cc1. The highest BCUT2D eigenvalue weighted by molar-refractivity contribution is 6.04. The van der Waals surface area contributed by atoms with E-state index in [1.807, 2.05) is 25.1 Å². The van der Waals surface area contributed by atoms with Crippen molar-refractivity contribution in [3.8, 4) is 17.2 Å². The number of carbonyl (C=O) groups excluding carboxylic acids is 1. The molecule has 0 unspecified atom stereocenters. The maximum Gasteiger partial charge on any atom is 0.292 e. The van der Waals surface area contributed by atoms with E-state index >= 15 is 0 Å². The summed E-state index contributed by atoms with van der Waals surface area (Å²) in [4.78, 5) is 16.7. The summed E-state index contributed by atoms with van der Waals surface area (Å²) < 4.78 is 21.2. The third-order valence-electron chi connectivity index (χ3n) is 3.70. The Balaban J connectivity index is 1.67. The maximum atomic E-state index is 12.3. The summed E-state index contributed by atoms with van der Waals surface area (Å²) in [7, 11) is 1.57. The van der Waals surface area contributed by atoms with Gasteiger partial charge in [0, 0.05) is 5.56 Å². The van der Waals surface area contributed by atoms with Gasteiger partial charge in [-0.05, 0) is 48.9 Å². The lowest BCUT2D eigenvalue weighted by molar-refractivity contribution is 0.0966. The third-order valence-corrected chi connectivity index (χ3v) is 3.70. The van der Waals surface area contributed by atoms with Gasteiger partial charge in [0.05, 0.1) is 20.3 Å². The van der Waals surface area contributed by atoms with E-state index in [4.69, 9.17) is 18.9 Å². The van der Waals surface area contributed by atoms with Crippen LogP contribution in [0.3, 0.4) is 0 Å². The summed E-state index contributed by atoms with van der Waals surface area (Å²) in [5.41, 5.74) is 1.41. The van der Waals surface area contributed by atoms with E-state index in [0.717, 1.165) is 11.3 Å². The van der Waals surface area contributed by atoms with Crippen LogP contribution in [0.15, 0.2) is 47.5 Å². The molecule has 0 saturated carbocycles. The van der Waals surface area contributed by atoms with E-state index in [1.54, 1.807) is 31.4 Å². The molecule has 1 aliphatic heterocycles. The molecule has 0 spiro atoms. The van der Waals surface area contributed by atoms with E-state index in [-0.39, 0.29) is 18.7 Å². The zero-order chi connectivity index (χ0) is 18.4. The van der Waals surface area contributed by atoms with Gasteiger partial charge in [-0.2, -0.15) is 0 Å². The van der Waals surface area contributed by atoms with E-state index in [0.29, 0.717) is 30.2 Å². The highest BCUT2D eigenvalue weighted by Crippen LogP contribution is 2.32. The number of aliphatic imine (C=N–C) groups is 1. The van der Waals surface area contributed by atoms with Gasteiger partial charge in [-0.3, -0.25) is 10.1 Å². The van der Waals surface area contributed by atoms with Crippen LogP contribution in [-0.2, 0) is 11.3 Å². The summed E-state index contributed by atoms with van der Waals surface area (Å²) in [5.74, 6) is 1.79. The fourth-order valence-corrected chi connectivity index (χ4v) is 2.37. The summed E-state index contributed by atoms with van der Waals surface area (Å²) in [6, 6.07) is 12.6. The number of hydrogen-bond acceptors (Lipinski definition) is 6. The van der Waals surface area contributed by atoms with Crippen molar-refractivity contribution >= 4 is 11.9 Å². The molecule has 2 aromatic rings. The Hall–Kier alpha value is -3.22. The van der Waals surface area contributed by atoms with Crippen LogP contribution in [-0.4, -0.2) is 32.4 Å². The van der Waals surface area contributed by atoms with E-state index in [2.05, 4.69) is 10.3 Å². The maximum absolute atomic E-state index is 12.3. The topological polar surface area (TPSA) is 78.4 Å². The van der Waals surface area contributed by atoms with Gasteiger partial charge >= 0.3 is 0 Å². The fourth-order valence-electron chi connectivity index (χ4n) is 2.37. The first-order valence-electron chi connectivity index (χ1n) is 8.20. The van der Waals surface area contributed by atoms with Gasteiger partial charge < -0.3 is 18.9 Å². The van der Waals surface area contributed by atoms with Crippen molar-refractivity contribution in [3.63, 3.8) is 0 Å². The van der Waals surface area contributed by atoms with Crippen molar-refractivity contribution in [3.05, 3.63) is 53.6 Å². The molecule has 26 heavy (non-hydrogen) atoms. The lowest BCUT2D eigenvalue weighted by Crippen LogP contribution is -2.32. The highest BCUT2D eigenvalue weighted by atomic mass is 16.7. The van der Waals surface area contributed by atoms with Crippen LogP contribution in [0.1, 0.15) is 22.8 Å². The standard InChI is InChI=1S/C19H20N2O5/c1-3-24-19(21-18(22)14-5-7-15(23-2)8-6-14)20-11-13-4-9-16-17(10-13)26-12-25-16/h4-10H,3,11-12H2,1-2H3,(H,20,21,22). The molecule has 0 aliphatic carbocycles. The van der Waals surface area contributed by atoms with Gasteiger partial charge in [0.2, 0.25) is 6.79 Å². The van der Waals surface area contributed by atoms with E-state index < -0.39 is 0 Å². The number of amidine groups is 1. The van der Waals surface area contributed by atoms with Crippen molar-refractivity contribution in [2.45, 2.75) is 13.5 Å². The zero-order valence-electron chi connectivity index (χ0n) is 14.7. The van der Waals surface area contributed by atoms with Crippen LogP contribution >= 0.6 is 0 Å². The second-order valence-corrected chi connectivity index (χ2v) is 5.42.